The number of carbonyl (C=O) groups is 3. The number of nitrogens with one attached hydrogen (secondary N) is 1. The second-order valence-corrected chi connectivity index (χ2v) is 11.5. The van der Waals surface area contributed by atoms with Crippen molar-refractivity contribution in [3.63, 3.8) is 0 Å². The van der Waals surface area contributed by atoms with Gasteiger partial charge in [0.15, 0.2) is 0 Å². The molecule has 1 N–H and O–H groups in total. The molecule has 3 aromatic carbocycles. The number of anilines is 1. The normalized spacial score (nSPS) is 17.4. The van der Waals surface area contributed by atoms with Crippen LogP contribution >= 0.6 is 0 Å². The minimum absolute atomic E-state index is 0.0517. The molecule has 1 aromatic heterocycles. The Kier molecular flexibility index (Phi) is 8.43. The van der Waals surface area contributed by atoms with Gasteiger partial charge in [0.05, 0.1) is 23.5 Å². The highest BCUT2D eigenvalue weighted by atomic mass is 19.4. The van der Waals surface area contributed by atoms with Crippen LogP contribution in [0.2, 0.25) is 0 Å². The Hall–Kier alpha value is -5.26. The zero-order valence-corrected chi connectivity index (χ0v) is 25.6. The smallest absolute Gasteiger partial charge is 0.339 e. The molecule has 2 heterocycles. The van der Waals surface area contributed by atoms with Gasteiger partial charge in [-0.05, 0) is 67.8 Å². The average molecular weight is 646 g/mol. The van der Waals surface area contributed by atoms with E-state index in [9.17, 15) is 31.9 Å². The van der Waals surface area contributed by atoms with Crippen molar-refractivity contribution in [2.75, 3.05) is 18.5 Å². The summed E-state index contributed by atoms with van der Waals surface area (Å²) in [6.07, 6.45) is -1.32. The zero-order valence-electron chi connectivity index (χ0n) is 25.6. The molecule has 2 atom stereocenters. The van der Waals surface area contributed by atoms with Crippen molar-refractivity contribution in [2.45, 2.75) is 44.4 Å². The van der Waals surface area contributed by atoms with Crippen LogP contribution in [0.5, 0.6) is 0 Å². The Bertz CT molecular complexity index is 1870. The summed E-state index contributed by atoms with van der Waals surface area (Å²) in [6, 6.07) is 17.2. The lowest BCUT2D eigenvalue weighted by Gasteiger charge is -2.38. The number of hydrogen-bond acceptors (Lipinski definition) is 4. The molecule has 4 aromatic rings. The number of fused-ring (bicyclic) bond motifs is 1. The van der Waals surface area contributed by atoms with Gasteiger partial charge in [-0.3, -0.25) is 19.3 Å². The fraction of sp³-hybridized carbons (Fsp3) is 0.257. The Morgan fingerprint density at radius 3 is 2.34 bits per heavy atom. The van der Waals surface area contributed by atoms with E-state index in [2.05, 4.69) is 5.32 Å². The summed E-state index contributed by atoms with van der Waals surface area (Å²) in [5.41, 5.74) is 1.48. The van der Waals surface area contributed by atoms with Crippen LogP contribution < -0.4 is 10.2 Å². The molecule has 0 saturated heterocycles. The maximum Gasteiger partial charge on any atom is 0.416 e. The Balaban J connectivity index is 1.52. The van der Waals surface area contributed by atoms with Crippen LogP contribution in [-0.4, -0.2) is 52.0 Å². The van der Waals surface area contributed by atoms with Crippen molar-refractivity contribution in [3.8, 4) is 5.69 Å². The lowest BCUT2D eigenvalue weighted by atomic mass is 9.80. The molecule has 2 aliphatic rings. The lowest BCUT2D eigenvalue weighted by Crippen LogP contribution is -2.55. The van der Waals surface area contributed by atoms with Gasteiger partial charge >= 0.3 is 6.18 Å². The van der Waals surface area contributed by atoms with Crippen molar-refractivity contribution in [3.05, 3.63) is 124 Å². The molecule has 0 unspecified atom stereocenters. The summed E-state index contributed by atoms with van der Waals surface area (Å²) in [6.45, 7) is 1.97. The number of aromatic nitrogens is 2. The summed E-state index contributed by atoms with van der Waals surface area (Å²) in [7, 11) is 1.65. The van der Waals surface area contributed by atoms with Crippen molar-refractivity contribution < 1.29 is 31.9 Å². The number of allylic oxidation sites excluding steroid dienone is 1. The van der Waals surface area contributed by atoms with E-state index in [1.54, 1.807) is 18.7 Å². The monoisotopic (exact) mass is 645 g/mol. The topological polar surface area (TPSA) is 87.5 Å². The van der Waals surface area contributed by atoms with Crippen LogP contribution in [0.1, 0.15) is 58.4 Å². The molecular formula is C35H31F4N5O3. The SMILES string of the molecule is CCN1C(=O)[C@@H](NC(=O)c2cccc(C(F)(F)F)c2)[C@@H](c2ccc(F)cc2)c2c(CN(C)C(=O)C3=CCC3)nn(-c3ccccc3)c21. The van der Waals surface area contributed by atoms with E-state index < -0.39 is 41.3 Å². The molecule has 0 radical (unpaired) electrons. The van der Waals surface area contributed by atoms with Gasteiger partial charge in [-0.1, -0.05) is 42.5 Å². The maximum atomic E-state index is 14.4. The minimum Gasteiger partial charge on any atom is -0.339 e. The highest BCUT2D eigenvalue weighted by Gasteiger charge is 2.46. The van der Waals surface area contributed by atoms with Crippen molar-refractivity contribution in [1.29, 1.82) is 0 Å². The quantitative estimate of drug-likeness (QED) is 0.238. The number of hydrogen-bond donors (Lipinski definition) is 1. The van der Waals surface area contributed by atoms with Crippen LogP contribution in [0.15, 0.2) is 90.5 Å². The molecule has 1 aliphatic heterocycles. The minimum atomic E-state index is -4.68. The Labute approximate surface area is 268 Å². The Morgan fingerprint density at radius 1 is 1.02 bits per heavy atom. The summed E-state index contributed by atoms with van der Waals surface area (Å²) < 4.78 is 56.3. The average Bonchev–Trinajstić information content (AvgIpc) is 3.39. The third-order valence-electron chi connectivity index (χ3n) is 8.50. The summed E-state index contributed by atoms with van der Waals surface area (Å²) in [5.74, 6) is -2.61. The first-order valence-corrected chi connectivity index (χ1v) is 15.1. The predicted octanol–water partition coefficient (Wildman–Crippen LogP) is 6.01. The molecule has 6 rings (SSSR count). The zero-order chi connectivity index (χ0) is 33.5. The van der Waals surface area contributed by atoms with Gasteiger partial charge in [-0.2, -0.15) is 18.3 Å². The molecule has 0 bridgehead atoms. The molecule has 1 aliphatic carbocycles. The van der Waals surface area contributed by atoms with Gasteiger partial charge < -0.3 is 10.2 Å². The predicted molar refractivity (Wildman–Crippen MR) is 166 cm³/mol. The largest absolute Gasteiger partial charge is 0.416 e. The first-order chi connectivity index (χ1) is 22.5. The number of alkyl halides is 3. The number of para-hydroxylation sites is 1. The van der Waals surface area contributed by atoms with Crippen molar-refractivity contribution in [1.82, 2.24) is 20.0 Å². The van der Waals surface area contributed by atoms with Gasteiger partial charge in [0.25, 0.3) is 11.8 Å². The van der Waals surface area contributed by atoms with Gasteiger partial charge in [-0.25, -0.2) is 9.07 Å². The number of benzene rings is 3. The molecule has 0 spiro atoms. The van der Waals surface area contributed by atoms with Crippen molar-refractivity contribution >= 4 is 23.5 Å². The number of amides is 3. The first kappa shape index (κ1) is 31.7. The summed E-state index contributed by atoms with van der Waals surface area (Å²) in [5, 5.41) is 7.62. The van der Waals surface area contributed by atoms with Gasteiger partial charge in [-0.15, -0.1) is 0 Å². The maximum absolute atomic E-state index is 14.4. The molecule has 47 heavy (non-hydrogen) atoms. The van der Waals surface area contributed by atoms with E-state index in [-0.39, 0.29) is 24.6 Å². The highest BCUT2D eigenvalue weighted by molar-refractivity contribution is 6.05. The van der Waals surface area contributed by atoms with Crippen LogP contribution in [0.25, 0.3) is 5.69 Å². The number of likely N-dealkylation sites (N-methyl/N-ethyl adjacent to an activating group) is 2. The van der Waals surface area contributed by atoms with Crippen LogP contribution in [0.4, 0.5) is 23.4 Å². The molecule has 0 fully saturated rings. The third-order valence-corrected chi connectivity index (χ3v) is 8.50. The van der Waals surface area contributed by atoms with Gasteiger partial charge in [0, 0.05) is 36.2 Å². The summed E-state index contributed by atoms with van der Waals surface area (Å²) in [4.78, 5) is 44.1. The van der Waals surface area contributed by atoms with E-state index in [1.165, 1.54) is 40.1 Å². The van der Waals surface area contributed by atoms with E-state index >= 15 is 0 Å². The third kappa shape index (κ3) is 6.02. The van der Waals surface area contributed by atoms with E-state index in [1.807, 2.05) is 36.4 Å². The first-order valence-electron chi connectivity index (χ1n) is 15.1. The Morgan fingerprint density at radius 2 is 1.72 bits per heavy atom. The number of rotatable bonds is 8. The van der Waals surface area contributed by atoms with E-state index in [0.29, 0.717) is 40.3 Å². The standard InChI is InChI=1S/C35H31F4N5O3/c1-3-43-32-29(27(20-42(2)33(46)22-9-7-10-22)41-44(32)26-13-5-4-6-14-26)28(21-15-17-25(36)18-16-21)30(34(43)47)40-31(45)23-11-8-12-24(19-23)35(37,38)39/h4-6,8-9,11-19,28,30H,3,7,10,20H2,1-2H3,(H,40,45)/t28-,30-/m0/s1. The molecule has 8 nitrogen and oxygen atoms in total. The van der Waals surface area contributed by atoms with Gasteiger partial charge in [0.2, 0.25) is 5.91 Å². The lowest BCUT2D eigenvalue weighted by molar-refractivity contribution is -0.137. The summed E-state index contributed by atoms with van der Waals surface area (Å²) >= 11 is 0. The number of nitrogens with zero attached hydrogens (tertiary/aromatic N) is 4. The molecule has 0 saturated carbocycles. The second-order valence-electron chi connectivity index (χ2n) is 11.5. The van der Waals surface area contributed by atoms with Crippen molar-refractivity contribution in [2.24, 2.45) is 0 Å². The molecular weight excluding hydrogens is 614 g/mol. The number of carbonyl (C=O) groups excluding carboxylic acids is 3. The van der Waals surface area contributed by atoms with E-state index in [4.69, 9.17) is 5.10 Å². The van der Waals surface area contributed by atoms with Crippen LogP contribution in [0, 0.1) is 5.82 Å². The van der Waals surface area contributed by atoms with E-state index in [0.717, 1.165) is 24.6 Å². The van der Waals surface area contributed by atoms with Gasteiger partial charge in [0.1, 0.15) is 17.7 Å². The number of halogens is 4. The second kappa shape index (κ2) is 12.5. The fourth-order valence-electron chi connectivity index (χ4n) is 6.06. The van der Waals surface area contributed by atoms with Crippen LogP contribution in [0.3, 0.4) is 0 Å². The molecule has 242 valence electrons. The highest BCUT2D eigenvalue weighted by Crippen LogP contribution is 2.44. The van der Waals surface area contributed by atoms with Crippen LogP contribution in [-0.2, 0) is 22.3 Å². The molecule has 12 heteroatoms. The molecule has 3 amide bonds. The fourth-order valence-corrected chi connectivity index (χ4v) is 6.06.